The van der Waals surface area contributed by atoms with Gasteiger partial charge in [-0.25, -0.2) is 9.67 Å². The van der Waals surface area contributed by atoms with E-state index in [0.717, 1.165) is 18.8 Å². The lowest BCUT2D eigenvalue weighted by Gasteiger charge is -2.27. The number of allylic oxidation sites excluding steroid dienone is 1. The van der Waals surface area contributed by atoms with Gasteiger partial charge in [-0.3, -0.25) is 0 Å². The molecule has 2 rings (SSSR count). The summed E-state index contributed by atoms with van der Waals surface area (Å²) >= 11 is 0. The summed E-state index contributed by atoms with van der Waals surface area (Å²) in [6, 6.07) is 0. The summed E-state index contributed by atoms with van der Waals surface area (Å²) in [5, 5.41) is 7.96. The molecule has 0 bridgehead atoms. The highest BCUT2D eigenvalue weighted by atomic mass is 16.5. The van der Waals surface area contributed by atoms with E-state index in [2.05, 4.69) is 21.9 Å². The molecule has 0 amide bonds. The molecule has 98 valence electrons. The largest absolute Gasteiger partial charge is 0.378 e. The van der Waals surface area contributed by atoms with Gasteiger partial charge in [-0.1, -0.05) is 11.3 Å². The second kappa shape index (κ2) is 6.15. The van der Waals surface area contributed by atoms with E-state index in [4.69, 9.17) is 10.5 Å². The zero-order valence-electron chi connectivity index (χ0n) is 10.3. The third kappa shape index (κ3) is 3.30. The Hall–Kier alpha value is -1.89. The quantitative estimate of drug-likeness (QED) is 0.447. The van der Waals surface area contributed by atoms with Crippen LogP contribution in [0.4, 0.5) is 0 Å². The van der Waals surface area contributed by atoms with Crippen molar-refractivity contribution in [1.29, 1.82) is 0 Å². The Balaban J connectivity index is 1.89. The number of morpholine rings is 1. The predicted molar refractivity (Wildman–Crippen MR) is 67.9 cm³/mol. The fraction of sp³-hybridized carbons (Fsp3) is 0.545. The average molecular weight is 250 g/mol. The van der Waals surface area contributed by atoms with E-state index >= 15 is 0 Å². The molecule has 0 spiro atoms. The van der Waals surface area contributed by atoms with Gasteiger partial charge in [0.1, 0.15) is 5.69 Å². The Labute approximate surface area is 106 Å². The molecule has 7 heteroatoms. The minimum absolute atomic E-state index is 0.445. The second-order valence-electron chi connectivity index (χ2n) is 3.99. The summed E-state index contributed by atoms with van der Waals surface area (Å²) in [4.78, 5) is 6.33. The molecule has 1 aliphatic heterocycles. The summed E-state index contributed by atoms with van der Waals surface area (Å²) in [6.07, 6.45) is 3.61. The Morgan fingerprint density at radius 2 is 2.33 bits per heavy atom. The number of nitrogens with zero attached hydrogens (tertiary/aromatic N) is 5. The van der Waals surface area contributed by atoms with Crippen molar-refractivity contribution in [2.75, 3.05) is 26.3 Å². The first kappa shape index (κ1) is 12.6. The van der Waals surface area contributed by atoms with E-state index in [0.29, 0.717) is 32.3 Å². The van der Waals surface area contributed by atoms with Crippen molar-refractivity contribution in [1.82, 2.24) is 19.9 Å². The third-order valence-electron chi connectivity index (χ3n) is 2.64. The van der Waals surface area contributed by atoms with Gasteiger partial charge in [-0.2, -0.15) is 0 Å². The number of rotatable bonds is 4. The van der Waals surface area contributed by atoms with Crippen LogP contribution in [-0.2, 0) is 17.8 Å². The molecule has 1 aliphatic rings. The number of hydrogen-bond acceptors (Lipinski definition) is 4. The van der Waals surface area contributed by atoms with Gasteiger partial charge in [0, 0.05) is 13.1 Å². The molecule has 0 atom stereocenters. The van der Waals surface area contributed by atoms with Crippen LogP contribution >= 0.6 is 0 Å². The molecule has 2 N–H and O–H groups in total. The molecule has 1 aromatic rings. The number of guanidine groups is 1. The smallest absolute Gasteiger partial charge is 0.191 e. The van der Waals surface area contributed by atoms with Crippen LogP contribution in [0.15, 0.2) is 23.8 Å². The second-order valence-corrected chi connectivity index (χ2v) is 3.99. The highest BCUT2D eigenvalue weighted by Gasteiger charge is 2.12. The van der Waals surface area contributed by atoms with Gasteiger partial charge in [0.15, 0.2) is 5.96 Å². The first-order chi connectivity index (χ1) is 8.79. The summed E-state index contributed by atoms with van der Waals surface area (Å²) in [7, 11) is 0. The number of ether oxygens (including phenoxy) is 1. The van der Waals surface area contributed by atoms with Crippen LogP contribution in [0.1, 0.15) is 5.69 Å². The molecular weight excluding hydrogens is 232 g/mol. The van der Waals surface area contributed by atoms with Crippen LogP contribution in [-0.4, -0.2) is 52.2 Å². The Morgan fingerprint density at radius 1 is 1.56 bits per heavy atom. The first-order valence-electron chi connectivity index (χ1n) is 5.92. The van der Waals surface area contributed by atoms with Crippen LogP contribution in [0.2, 0.25) is 0 Å². The Morgan fingerprint density at radius 3 is 3.06 bits per heavy atom. The normalized spacial score (nSPS) is 16.9. The lowest BCUT2D eigenvalue weighted by molar-refractivity contribution is 0.0674. The molecule has 0 unspecified atom stereocenters. The summed E-state index contributed by atoms with van der Waals surface area (Å²) < 4.78 is 6.97. The van der Waals surface area contributed by atoms with E-state index in [9.17, 15) is 0 Å². The van der Waals surface area contributed by atoms with Gasteiger partial charge in [0.25, 0.3) is 0 Å². The van der Waals surface area contributed by atoms with Crippen molar-refractivity contribution in [3.63, 3.8) is 0 Å². The van der Waals surface area contributed by atoms with Crippen molar-refractivity contribution in [2.24, 2.45) is 10.7 Å². The topological polar surface area (TPSA) is 81.6 Å². The maximum atomic E-state index is 5.91. The molecule has 0 aromatic carbocycles. The lowest BCUT2D eigenvalue weighted by atomic mass is 10.4. The Kier molecular flexibility index (Phi) is 4.30. The van der Waals surface area contributed by atoms with Crippen molar-refractivity contribution >= 4 is 5.96 Å². The monoisotopic (exact) mass is 250 g/mol. The number of nitrogens with two attached hydrogens (primary N) is 1. The molecule has 0 saturated carbocycles. The van der Waals surface area contributed by atoms with E-state index in [1.165, 1.54) is 0 Å². The van der Waals surface area contributed by atoms with Gasteiger partial charge in [0.05, 0.1) is 32.5 Å². The van der Waals surface area contributed by atoms with E-state index in [1.807, 2.05) is 11.1 Å². The maximum absolute atomic E-state index is 5.91. The summed E-state index contributed by atoms with van der Waals surface area (Å²) in [5.41, 5.74) is 6.71. The molecule has 0 radical (unpaired) electrons. The molecular formula is C11H18N6O. The van der Waals surface area contributed by atoms with Crippen molar-refractivity contribution in [2.45, 2.75) is 13.1 Å². The van der Waals surface area contributed by atoms with Gasteiger partial charge >= 0.3 is 0 Å². The molecule has 1 aromatic heterocycles. The third-order valence-corrected chi connectivity index (χ3v) is 2.64. The molecule has 2 heterocycles. The van der Waals surface area contributed by atoms with Crippen LogP contribution in [0.25, 0.3) is 0 Å². The fourth-order valence-electron chi connectivity index (χ4n) is 1.69. The first-order valence-corrected chi connectivity index (χ1v) is 5.92. The van der Waals surface area contributed by atoms with Crippen LogP contribution in [0.3, 0.4) is 0 Å². The average Bonchev–Trinajstić information content (AvgIpc) is 2.85. The summed E-state index contributed by atoms with van der Waals surface area (Å²) in [5.74, 6) is 0.538. The van der Waals surface area contributed by atoms with Crippen molar-refractivity contribution < 1.29 is 4.74 Å². The Bertz CT molecular complexity index is 421. The van der Waals surface area contributed by atoms with E-state index in [-0.39, 0.29) is 0 Å². The van der Waals surface area contributed by atoms with Crippen LogP contribution < -0.4 is 5.73 Å². The van der Waals surface area contributed by atoms with Crippen molar-refractivity contribution in [3.8, 4) is 0 Å². The standard InChI is InChI=1S/C11H18N6O/c1-2-3-17-9-10(14-15-17)8-13-11(12)16-4-6-18-7-5-16/h2,9H,1,3-8H2,(H2,12,13). The van der Waals surface area contributed by atoms with Gasteiger partial charge in [-0.15, -0.1) is 11.7 Å². The number of hydrogen-bond donors (Lipinski definition) is 1. The van der Waals surface area contributed by atoms with Gasteiger partial charge < -0.3 is 15.4 Å². The van der Waals surface area contributed by atoms with Crippen LogP contribution in [0, 0.1) is 0 Å². The van der Waals surface area contributed by atoms with Crippen LogP contribution in [0.5, 0.6) is 0 Å². The zero-order chi connectivity index (χ0) is 12.8. The molecule has 0 aliphatic carbocycles. The highest BCUT2D eigenvalue weighted by Crippen LogP contribution is 1.99. The number of aliphatic imine (C=N–C) groups is 1. The lowest BCUT2D eigenvalue weighted by Crippen LogP contribution is -2.44. The number of aromatic nitrogens is 3. The fourth-order valence-corrected chi connectivity index (χ4v) is 1.69. The summed E-state index contributed by atoms with van der Waals surface area (Å²) in [6.45, 7) is 7.72. The minimum atomic E-state index is 0.445. The van der Waals surface area contributed by atoms with Gasteiger partial charge in [-0.05, 0) is 0 Å². The molecule has 1 fully saturated rings. The highest BCUT2D eigenvalue weighted by molar-refractivity contribution is 5.78. The predicted octanol–water partition coefficient (Wildman–Crippen LogP) is -0.389. The van der Waals surface area contributed by atoms with E-state index < -0.39 is 0 Å². The minimum Gasteiger partial charge on any atom is -0.378 e. The molecule has 1 saturated heterocycles. The molecule has 7 nitrogen and oxygen atoms in total. The zero-order valence-corrected chi connectivity index (χ0v) is 10.3. The SMILES string of the molecule is C=CCn1cc(CN=C(N)N2CCOCC2)nn1. The van der Waals surface area contributed by atoms with Gasteiger partial charge in [0.2, 0.25) is 0 Å². The van der Waals surface area contributed by atoms with E-state index in [1.54, 1.807) is 10.8 Å². The van der Waals surface area contributed by atoms with Crippen molar-refractivity contribution in [3.05, 3.63) is 24.5 Å². The molecule has 18 heavy (non-hydrogen) atoms. The maximum Gasteiger partial charge on any atom is 0.191 e.